The molecule has 0 radical (unpaired) electrons. The van der Waals surface area contributed by atoms with Crippen molar-refractivity contribution in [3.05, 3.63) is 24.4 Å². The van der Waals surface area contributed by atoms with E-state index in [4.69, 9.17) is 15.3 Å². The van der Waals surface area contributed by atoms with E-state index in [0.29, 0.717) is 11.6 Å². The van der Waals surface area contributed by atoms with Gasteiger partial charge in [0.25, 0.3) is 0 Å². The second kappa shape index (κ2) is 4.24. The summed E-state index contributed by atoms with van der Waals surface area (Å²) in [4.78, 5) is 4.14. The highest BCUT2D eigenvalue weighted by Crippen LogP contribution is 2.36. The highest BCUT2D eigenvalue weighted by Gasteiger charge is 2.11. The molecule has 5 heteroatoms. The Kier molecular flexibility index (Phi) is 2.78. The van der Waals surface area contributed by atoms with Crippen molar-refractivity contribution in [3.63, 3.8) is 0 Å². The minimum Gasteiger partial charge on any atom is -0.496 e. The minimum atomic E-state index is 0.563. The molecule has 0 atom stereocenters. The van der Waals surface area contributed by atoms with Crippen molar-refractivity contribution in [2.24, 2.45) is 5.84 Å². The lowest BCUT2D eigenvalue weighted by atomic mass is 10.1. The first kappa shape index (κ1) is 10.5. The number of rotatable bonds is 3. The van der Waals surface area contributed by atoms with Crippen LogP contribution in [-0.2, 0) is 0 Å². The molecule has 0 fully saturated rings. The van der Waals surface area contributed by atoms with Crippen LogP contribution >= 0.6 is 0 Å². The van der Waals surface area contributed by atoms with Gasteiger partial charge in [-0.05, 0) is 18.2 Å². The molecule has 0 unspecified atom stereocenters. The third kappa shape index (κ3) is 1.51. The maximum Gasteiger partial charge on any atom is 0.151 e. The van der Waals surface area contributed by atoms with E-state index in [-0.39, 0.29) is 0 Å². The van der Waals surface area contributed by atoms with Crippen LogP contribution in [0.1, 0.15) is 0 Å². The predicted molar refractivity (Wildman–Crippen MR) is 62.7 cm³/mol. The molecule has 0 bridgehead atoms. The molecule has 16 heavy (non-hydrogen) atoms. The molecule has 84 valence electrons. The smallest absolute Gasteiger partial charge is 0.151 e. The van der Waals surface area contributed by atoms with Crippen LogP contribution in [-0.4, -0.2) is 19.2 Å². The van der Waals surface area contributed by atoms with Crippen LogP contribution in [0.3, 0.4) is 0 Å². The summed E-state index contributed by atoms with van der Waals surface area (Å²) in [6.07, 6.45) is 1.67. The van der Waals surface area contributed by atoms with Crippen LogP contribution in [0.4, 0.5) is 5.82 Å². The number of ether oxygens (including phenoxy) is 2. The summed E-state index contributed by atoms with van der Waals surface area (Å²) in [6, 6.07) is 5.53. The molecular weight excluding hydrogens is 206 g/mol. The van der Waals surface area contributed by atoms with E-state index in [9.17, 15) is 0 Å². The molecule has 3 N–H and O–H groups in total. The summed E-state index contributed by atoms with van der Waals surface area (Å²) in [7, 11) is 3.23. The maximum atomic E-state index is 5.42. The first-order valence-electron chi connectivity index (χ1n) is 4.78. The second-order valence-electron chi connectivity index (χ2n) is 3.20. The zero-order valence-electron chi connectivity index (χ0n) is 9.15. The van der Waals surface area contributed by atoms with Crippen LogP contribution < -0.4 is 20.7 Å². The molecule has 2 rings (SSSR count). The molecule has 5 nitrogen and oxygen atoms in total. The molecule has 1 aromatic heterocycles. The number of nitrogens with one attached hydrogen (secondary N) is 1. The molecule has 0 aliphatic carbocycles. The molecule has 1 heterocycles. The Bertz CT molecular complexity index is 504. The Labute approximate surface area is 93.1 Å². The molecular formula is C11H13N3O2. The van der Waals surface area contributed by atoms with Crippen LogP contribution in [0, 0.1) is 0 Å². The highest BCUT2D eigenvalue weighted by molar-refractivity contribution is 6.00. The lowest BCUT2D eigenvalue weighted by molar-refractivity contribution is 0.410. The van der Waals surface area contributed by atoms with Gasteiger partial charge in [-0.2, -0.15) is 0 Å². The van der Waals surface area contributed by atoms with E-state index < -0.39 is 0 Å². The van der Waals surface area contributed by atoms with Crippen LogP contribution in [0.15, 0.2) is 24.4 Å². The van der Waals surface area contributed by atoms with Crippen molar-refractivity contribution in [1.29, 1.82) is 0 Å². The van der Waals surface area contributed by atoms with Crippen molar-refractivity contribution in [3.8, 4) is 11.5 Å². The number of pyridine rings is 1. The van der Waals surface area contributed by atoms with Gasteiger partial charge in [0.15, 0.2) is 5.82 Å². The molecule has 0 saturated carbocycles. The number of nitrogens with two attached hydrogens (primary N) is 1. The third-order valence-electron chi connectivity index (χ3n) is 2.43. The van der Waals surface area contributed by atoms with Gasteiger partial charge in [-0.3, -0.25) is 0 Å². The SMILES string of the molecule is COc1ccc(OC)c2c(NN)nccc12. The van der Waals surface area contributed by atoms with Crippen molar-refractivity contribution in [2.45, 2.75) is 0 Å². The van der Waals surface area contributed by atoms with Crippen molar-refractivity contribution < 1.29 is 9.47 Å². The standard InChI is InChI=1S/C11H13N3O2/c1-15-8-3-4-9(16-2)10-7(8)5-6-13-11(10)14-12/h3-6H,12H2,1-2H3,(H,13,14). The average Bonchev–Trinajstić information content (AvgIpc) is 2.36. The van der Waals surface area contributed by atoms with Crippen LogP contribution in [0.2, 0.25) is 0 Å². The summed E-state index contributed by atoms with van der Waals surface area (Å²) < 4.78 is 10.6. The first-order chi connectivity index (χ1) is 7.81. The average molecular weight is 219 g/mol. The van der Waals surface area contributed by atoms with Gasteiger partial charge in [-0.1, -0.05) is 0 Å². The highest BCUT2D eigenvalue weighted by atomic mass is 16.5. The number of nitrogens with zero attached hydrogens (tertiary/aromatic N) is 1. The Morgan fingerprint density at radius 2 is 1.81 bits per heavy atom. The van der Waals surface area contributed by atoms with E-state index in [0.717, 1.165) is 16.5 Å². The van der Waals surface area contributed by atoms with E-state index in [1.807, 2.05) is 18.2 Å². The normalized spacial score (nSPS) is 10.2. The summed E-state index contributed by atoms with van der Waals surface area (Å²) in [6.45, 7) is 0. The number of methoxy groups -OCH3 is 2. The molecule has 0 saturated heterocycles. The van der Waals surface area contributed by atoms with E-state index in [1.54, 1.807) is 20.4 Å². The fourth-order valence-corrected chi connectivity index (χ4v) is 1.70. The summed E-state index contributed by atoms with van der Waals surface area (Å²) in [5, 5.41) is 1.72. The quantitative estimate of drug-likeness (QED) is 0.605. The summed E-state index contributed by atoms with van der Waals surface area (Å²) in [5.41, 5.74) is 2.55. The van der Waals surface area contributed by atoms with Gasteiger partial charge in [0.05, 0.1) is 19.6 Å². The fourth-order valence-electron chi connectivity index (χ4n) is 1.70. The van der Waals surface area contributed by atoms with Gasteiger partial charge < -0.3 is 14.9 Å². The molecule has 0 aliphatic heterocycles. The third-order valence-corrected chi connectivity index (χ3v) is 2.43. The van der Waals surface area contributed by atoms with Crippen molar-refractivity contribution in [2.75, 3.05) is 19.6 Å². The van der Waals surface area contributed by atoms with Gasteiger partial charge >= 0.3 is 0 Å². The van der Waals surface area contributed by atoms with Gasteiger partial charge in [-0.15, -0.1) is 0 Å². The number of fused-ring (bicyclic) bond motifs is 1. The Morgan fingerprint density at radius 1 is 1.12 bits per heavy atom. The van der Waals surface area contributed by atoms with Gasteiger partial charge in [-0.25, -0.2) is 10.8 Å². The van der Waals surface area contributed by atoms with E-state index in [2.05, 4.69) is 10.4 Å². The van der Waals surface area contributed by atoms with Gasteiger partial charge in [0, 0.05) is 11.6 Å². The zero-order valence-corrected chi connectivity index (χ0v) is 9.15. The summed E-state index contributed by atoms with van der Waals surface area (Å²) >= 11 is 0. The second-order valence-corrected chi connectivity index (χ2v) is 3.20. The minimum absolute atomic E-state index is 0.563. The Balaban J connectivity index is 2.84. The van der Waals surface area contributed by atoms with Crippen LogP contribution in [0.25, 0.3) is 10.8 Å². The summed E-state index contributed by atoms with van der Waals surface area (Å²) in [5.74, 6) is 7.45. The van der Waals surface area contributed by atoms with E-state index >= 15 is 0 Å². The Hall–Kier alpha value is -2.01. The number of hydrazine groups is 1. The monoisotopic (exact) mass is 219 g/mol. The first-order valence-corrected chi connectivity index (χ1v) is 4.78. The number of anilines is 1. The number of nitrogen functional groups attached to an aromatic ring is 1. The number of benzene rings is 1. The van der Waals surface area contributed by atoms with Gasteiger partial charge in [0.1, 0.15) is 11.5 Å². The predicted octanol–water partition coefficient (Wildman–Crippen LogP) is 1.54. The lowest BCUT2D eigenvalue weighted by Gasteiger charge is -2.12. The van der Waals surface area contributed by atoms with E-state index in [1.165, 1.54) is 0 Å². The maximum absolute atomic E-state index is 5.42. The van der Waals surface area contributed by atoms with Crippen LogP contribution in [0.5, 0.6) is 11.5 Å². The molecule has 2 aromatic rings. The topological polar surface area (TPSA) is 69.4 Å². The lowest BCUT2D eigenvalue weighted by Crippen LogP contribution is -2.09. The number of hydrogen-bond acceptors (Lipinski definition) is 5. The molecule has 1 aromatic carbocycles. The van der Waals surface area contributed by atoms with Gasteiger partial charge in [0.2, 0.25) is 0 Å². The number of hydrogen-bond donors (Lipinski definition) is 2. The largest absolute Gasteiger partial charge is 0.496 e. The fraction of sp³-hybridized carbons (Fsp3) is 0.182. The van der Waals surface area contributed by atoms with Crippen molar-refractivity contribution >= 4 is 16.6 Å². The number of aromatic nitrogens is 1. The molecule has 0 spiro atoms. The molecule has 0 aliphatic rings. The van der Waals surface area contributed by atoms with Crippen molar-refractivity contribution in [1.82, 2.24) is 4.98 Å². The molecule has 0 amide bonds. The zero-order chi connectivity index (χ0) is 11.5. The Morgan fingerprint density at radius 3 is 2.44 bits per heavy atom.